The van der Waals surface area contributed by atoms with Gasteiger partial charge in [0, 0.05) is 19.1 Å². The molecular weight excluding hydrogens is 184 g/mol. The van der Waals surface area contributed by atoms with Crippen molar-refractivity contribution in [1.29, 1.82) is 0 Å². The average Bonchev–Trinajstić information content (AvgIpc) is 2.54. The molecule has 2 atom stereocenters. The van der Waals surface area contributed by atoms with Gasteiger partial charge >= 0.3 is 0 Å². The Morgan fingerprint density at radius 2 is 1.87 bits per heavy atom. The van der Waals surface area contributed by atoms with Crippen molar-refractivity contribution in [2.45, 2.75) is 53.0 Å². The fourth-order valence-corrected chi connectivity index (χ4v) is 2.86. The third kappa shape index (κ3) is 2.94. The van der Waals surface area contributed by atoms with E-state index >= 15 is 0 Å². The molecule has 0 aromatic carbocycles. The molecule has 1 aliphatic heterocycles. The van der Waals surface area contributed by atoms with Gasteiger partial charge in [-0.25, -0.2) is 0 Å². The van der Waals surface area contributed by atoms with Crippen molar-refractivity contribution in [2.75, 3.05) is 19.6 Å². The molecule has 2 heteroatoms. The van der Waals surface area contributed by atoms with E-state index < -0.39 is 0 Å². The lowest BCUT2D eigenvalue weighted by Crippen LogP contribution is -2.43. The van der Waals surface area contributed by atoms with Crippen LogP contribution in [0.2, 0.25) is 0 Å². The minimum Gasteiger partial charge on any atom is -0.330 e. The number of hydrogen-bond donors (Lipinski definition) is 1. The summed E-state index contributed by atoms with van der Waals surface area (Å²) >= 11 is 0. The first-order chi connectivity index (χ1) is 7.06. The van der Waals surface area contributed by atoms with Crippen LogP contribution >= 0.6 is 0 Å². The summed E-state index contributed by atoms with van der Waals surface area (Å²) in [5.41, 5.74) is 6.32. The third-order valence-corrected chi connectivity index (χ3v) is 4.38. The molecule has 2 nitrogen and oxygen atoms in total. The molecule has 1 saturated heterocycles. The lowest BCUT2D eigenvalue weighted by Gasteiger charge is -2.36. The summed E-state index contributed by atoms with van der Waals surface area (Å²) < 4.78 is 0. The van der Waals surface area contributed by atoms with Gasteiger partial charge < -0.3 is 5.73 Å². The van der Waals surface area contributed by atoms with E-state index in [-0.39, 0.29) is 0 Å². The normalized spacial score (nSPS) is 28.6. The number of rotatable bonds is 5. The smallest absolute Gasteiger partial charge is 0.00702 e. The van der Waals surface area contributed by atoms with Gasteiger partial charge in [-0.3, -0.25) is 4.90 Å². The minimum atomic E-state index is 0.359. The molecule has 0 bridgehead atoms. The number of nitrogens with zero attached hydrogens (tertiary/aromatic N) is 1. The predicted molar refractivity (Wildman–Crippen MR) is 66.9 cm³/mol. The van der Waals surface area contributed by atoms with Crippen LogP contribution in [0.4, 0.5) is 0 Å². The van der Waals surface area contributed by atoms with Gasteiger partial charge in [0.25, 0.3) is 0 Å². The van der Waals surface area contributed by atoms with E-state index in [2.05, 4.69) is 32.6 Å². The summed E-state index contributed by atoms with van der Waals surface area (Å²) in [5.74, 6) is 0.865. The van der Waals surface area contributed by atoms with Crippen LogP contribution in [0.25, 0.3) is 0 Å². The third-order valence-electron chi connectivity index (χ3n) is 4.38. The van der Waals surface area contributed by atoms with Crippen molar-refractivity contribution in [2.24, 2.45) is 17.1 Å². The average molecular weight is 212 g/mol. The maximum absolute atomic E-state index is 5.96. The van der Waals surface area contributed by atoms with Crippen molar-refractivity contribution in [1.82, 2.24) is 4.90 Å². The summed E-state index contributed by atoms with van der Waals surface area (Å²) in [6.07, 6.45) is 3.77. The second kappa shape index (κ2) is 5.31. The first kappa shape index (κ1) is 13.0. The van der Waals surface area contributed by atoms with E-state index in [0.717, 1.165) is 18.5 Å². The molecule has 1 fully saturated rings. The molecule has 90 valence electrons. The van der Waals surface area contributed by atoms with Crippen LogP contribution in [0.1, 0.15) is 47.0 Å². The van der Waals surface area contributed by atoms with Crippen LogP contribution in [-0.4, -0.2) is 30.6 Å². The van der Waals surface area contributed by atoms with Crippen LogP contribution in [0.5, 0.6) is 0 Å². The SMILES string of the molecule is CCC(CC)(CN)CN1CC(C)CC1C. The van der Waals surface area contributed by atoms with Gasteiger partial charge in [0.05, 0.1) is 0 Å². The summed E-state index contributed by atoms with van der Waals surface area (Å²) in [6.45, 7) is 12.6. The first-order valence-corrected chi connectivity index (χ1v) is 6.51. The van der Waals surface area contributed by atoms with Crippen LogP contribution in [0, 0.1) is 11.3 Å². The monoisotopic (exact) mass is 212 g/mol. The van der Waals surface area contributed by atoms with Gasteiger partial charge in [-0.05, 0) is 44.1 Å². The Morgan fingerprint density at radius 3 is 2.20 bits per heavy atom. The molecule has 0 aromatic heterocycles. The number of likely N-dealkylation sites (tertiary alicyclic amines) is 1. The largest absolute Gasteiger partial charge is 0.330 e. The Labute approximate surface area is 95.2 Å². The zero-order valence-corrected chi connectivity index (χ0v) is 10.9. The molecule has 0 amide bonds. The highest BCUT2D eigenvalue weighted by atomic mass is 15.2. The summed E-state index contributed by atoms with van der Waals surface area (Å²) in [6, 6.07) is 0.754. The highest BCUT2D eigenvalue weighted by Gasteiger charge is 2.33. The number of nitrogens with two attached hydrogens (primary N) is 1. The topological polar surface area (TPSA) is 29.3 Å². The van der Waals surface area contributed by atoms with Crippen molar-refractivity contribution in [3.63, 3.8) is 0 Å². The Balaban J connectivity index is 2.58. The lowest BCUT2D eigenvalue weighted by molar-refractivity contribution is 0.137. The van der Waals surface area contributed by atoms with Crippen LogP contribution < -0.4 is 5.73 Å². The van der Waals surface area contributed by atoms with Crippen molar-refractivity contribution in [3.8, 4) is 0 Å². The predicted octanol–water partition coefficient (Wildman–Crippen LogP) is 2.48. The minimum absolute atomic E-state index is 0.359. The van der Waals surface area contributed by atoms with E-state index in [4.69, 9.17) is 5.73 Å². The highest BCUT2D eigenvalue weighted by molar-refractivity contribution is 4.87. The molecule has 15 heavy (non-hydrogen) atoms. The molecule has 1 heterocycles. The van der Waals surface area contributed by atoms with Crippen LogP contribution in [0.15, 0.2) is 0 Å². The van der Waals surface area contributed by atoms with Crippen LogP contribution in [-0.2, 0) is 0 Å². The standard InChI is InChI=1S/C13H28N2/c1-5-13(6-2,9-14)10-15-8-11(3)7-12(15)4/h11-12H,5-10,14H2,1-4H3. The van der Waals surface area contributed by atoms with E-state index in [1.807, 2.05) is 0 Å². The maximum Gasteiger partial charge on any atom is 0.00702 e. The van der Waals surface area contributed by atoms with Crippen molar-refractivity contribution >= 4 is 0 Å². The lowest BCUT2D eigenvalue weighted by atomic mass is 9.82. The van der Waals surface area contributed by atoms with Gasteiger partial charge in [0.1, 0.15) is 0 Å². The van der Waals surface area contributed by atoms with E-state index in [9.17, 15) is 0 Å². The van der Waals surface area contributed by atoms with Gasteiger partial charge in [-0.1, -0.05) is 20.8 Å². The molecule has 0 aliphatic carbocycles. The first-order valence-electron chi connectivity index (χ1n) is 6.51. The maximum atomic E-state index is 5.96. The molecule has 0 aromatic rings. The molecule has 1 rings (SSSR count). The van der Waals surface area contributed by atoms with Crippen LogP contribution in [0.3, 0.4) is 0 Å². The molecule has 2 N–H and O–H groups in total. The van der Waals surface area contributed by atoms with Gasteiger partial charge in [0.2, 0.25) is 0 Å². The molecular formula is C13H28N2. The van der Waals surface area contributed by atoms with Gasteiger partial charge in [0.15, 0.2) is 0 Å². The Kier molecular flexibility index (Phi) is 4.60. The molecule has 0 spiro atoms. The summed E-state index contributed by atoms with van der Waals surface area (Å²) in [5, 5.41) is 0. The quantitative estimate of drug-likeness (QED) is 0.758. The Hall–Kier alpha value is -0.0800. The summed E-state index contributed by atoms with van der Waals surface area (Å²) in [7, 11) is 0. The Morgan fingerprint density at radius 1 is 1.27 bits per heavy atom. The van der Waals surface area contributed by atoms with E-state index in [1.54, 1.807) is 0 Å². The second-order valence-electron chi connectivity index (χ2n) is 5.53. The van der Waals surface area contributed by atoms with E-state index in [1.165, 1.54) is 32.4 Å². The fraction of sp³-hybridized carbons (Fsp3) is 1.00. The van der Waals surface area contributed by atoms with Gasteiger partial charge in [-0.15, -0.1) is 0 Å². The molecule has 2 unspecified atom stereocenters. The second-order valence-corrected chi connectivity index (χ2v) is 5.53. The zero-order chi connectivity index (χ0) is 11.5. The summed E-state index contributed by atoms with van der Waals surface area (Å²) in [4.78, 5) is 2.64. The zero-order valence-electron chi connectivity index (χ0n) is 10.9. The molecule has 0 radical (unpaired) electrons. The molecule has 1 aliphatic rings. The fourth-order valence-electron chi connectivity index (χ4n) is 2.86. The van der Waals surface area contributed by atoms with Crippen molar-refractivity contribution in [3.05, 3.63) is 0 Å². The van der Waals surface area contributed by atoms with Crippen molar-refractivity contribution < 1.29 is 0 Å². The van der Waals surface area contributed by atoms with E-state index in [0.29, 0.717) is 5.41 Å². The Bertz CT molecular complexity index is 179. The van der Waals surface area contributed by atoms with Gasteiger partial charge in [-0.2, -0.15) is 0 Å². The number of hydrogen-bond acceptors (Lipinski definition) is 2. The highest BCUT2D eigenvalue weighted by Crippen LogP contribution is 2.31. The molecule has 0 saturated carbocycles.